The van der Waals surface area contributed by atoms with Gasteiger partial charge in [0.15, 0.2) is 8.03 Å². The number of carboxylic acids is 1. The molecule has 1 atom stereocenters. The molecule has 0 heterocycles. The van der Waals surface area contributed by atoms with Crippen molar-refractivity contribution >= 4 is 14.0 Å². The lowest BCUT2D eigenvalue weighted by atomic mass is 10.3. The van der Waals surface area contributed by atoms with E-state index in [2.05, 4.69) is 0 Å². The zero-order valence-electron chi connectivity index (χ0n) is 5.50. The van der Waals surface area contributed by atoms with E-state index in [9.17, 15) is 9.36 Å². The predicted octanol–water partition coefficient (Wildman–Crippen LogP) is 0.484. The third kappa shape index (κ3) is 4.30. The van der Waals surface area contributed by atoms with Crippen LogP contribution in [0.2, 0.25) is 0 Å². The van der Waals surface area contributed by atoms with Crippen LogP contribution in [0.3, 0.4) is 0 Å². The van der Waals surface area contributed by atoms with Crippen LogP contribution in [0.25, 0.3) is 0 Å². The molecule has 4 nitrogen and oxygen atoms in total. The van der Waals surface area contributed by atoms with Gasteiger partial charge in [0.2, 0.25) is 0 Å². The van der Waals surface area contributed by atoms with Crippen LogP contribution in [-0.2, 0) is 9.36 Å². The average molecular weight is 164 g/mol. The molecule has 0 bridgehead atoms. The summed E-state index contributed by atoms with van der Waals surface area (Å²) in [7, 11) is -2.55. The number of aliphatic carboxylic acids is 1. The summed E-state index contributed by atoms with van der Waals surface area (Å²) < 4.78 is 10.1. The summed E-state index contributed by atoms with van der Waals surface area (Å²) in [5.41, 5.74) is 0.104. The Kier molecular flexibility index (Phi) is 4.00. The minimum Gasteiger partial charge on any atom is -0.478 e. The van der Waals surface area contributed by atoms with Gasteiger partial charge < -0.3 is 10.00 Å². The van der Waals surface area contributed by atoms with E-state index in [0.29, 0.717) is 0 Å². The van der Waals surface area contributed by atoms with Gasteiger partial charge in [0.1, 0.15) is 0 Å². The molecule has 0 fully saturated rings. The highest BCUT2D eigenvalue weighted by Gasteiger charge is 1.98. The highest BCUT2D eigenvalue weighted by atomic mass is 31.1. The molecule has 0 radical (unpaired) electrons. The molecule has 0 rings (SSSR count). The van der Waals surface area contributed by atoms with Crippen LogP contribution in [0, 0.1) is 0 Å². The zero-order valence-corrected chi connectivity index (χ0v) is 6.50. The third-order valence-electron chi connectivity index (χ3n) is 0.920. The van der Waals surface area contributed by atoms with E-state index in [-0.39, 0.29) is 11.7 Å². The number of carboxylic acid groups (broad SMARTS) is 1. The van der Waals surface area contributed by atoms with Gasteiger partial charge in [0.25, 0.3) is 0 Å². The van der Waals surface area contributed by atoms with E-state index in [1.54, 1.807) is 0 Å². The Bertz CT molecular complexity index is 184. The first-order valence-electron chi connectivity index (χ1n) is 2.66. The summed E-state index contributed by atoms with van der Waals surface area (Å²) in [6, 6.07) is 0. The molecule has 0 spiro atoms. The van der Waals surface area contributed by atoms with Crippen molar-refractivity contribution in [3.63, 3.8) is 0 Å². The Hall–Kier alpha value is -0.600. The lowest BCUT2D eigenvalue weighted by Gasteiger charge is -1.89. The second-order valence-corrected chi connectivity index (χ2v) is 2.99. The van der Waals surface area contributed by atoms with Gasteiger partial charge in [-0.1, -0.05) is 6.08 Å². The van der Waals surface area contributed by atoms with Crippen molar-refractivity contribution < 1.29 is 19.4 Å². The average Bonchev–Trinajstić information content (AvgIpc) is 1.82. The smallest absolute Gasteiger partial charge is 0.330 e. The molecule has 58 valence electrons. The predicted molar refractivity (Wildman–Crippen MR) is 37.5 cm³/mol. The normalized spacial score (nSPS) is 14.8. The maximum atomic E-state index is 10.1. The molecule has 0 aromatic heterocycles. The van der Waals surface area contributed by atoms with Crippen LogP contribution < -0.4 is 0 Å². The minimum absolute atomic E-state index is 0.0528. The van der Waals surface area contributed by atoms with Crippen LogP contribution in [0.4, 0.5) is 0 Å². The molecular formula is C5H9O4P. The maximum absolute atomic E-state index is 10.1. The summed E-state index contributed by atoms with van der Waals surface area (Å²) in [6.07, 6.45) is 1.19. The lowest BCUT2D eigenvalue weighted by molar-refractivity contribution is -0.132. The number of hydrogen-bond donors (Lipinski definition) is 2. The number of carbonyl (C=O) groups is 1. The van der Waals surface area contributed by atoms with Crippen molar-refractivity contribution in [2.45, 2.75) is 6.92 Å². The van der Waals surface area contributed by atoms with Crippen molar-refractivity contribution in [3.05, 3.63) is 11.6 Å². The van der Waals surface area contributed by atoms with E-state index >= 15 is 0 Å². The summed E-state index contributed by atoms with van der Waals surface area (Å²) in [6.45, 7) is 1.38. The SMILES string of the molecule is CC(=CC[PH](=O)O)C(=O)O. The molecule has 10 heavy (non-hydrogen) atoms. The van der Waals surface area contributed by atoms with Gasteiger partial charge in [0, 0.05) is 11.7 Å². The molecule has 0 aromatic carbocycles. The molecular weight excluding hydrogens is 155 g/mol. The van der Waals surface area contributed by atoms with Crippen molar-refractivity contribution in [2.24, 2.45) is 0 Å². The fraction of sp³-hybridized carbons (Fsp3) is 0.400. The second-order valence-electron chi connectivity index (χ2n) is 1.79. The molecule has 0 aliphatic carbocycles. The molecule has 0 saturated carbocycles. The second kappa shape index (κ2) is 4.25. The van der Waals surface area contributed by atoms with Crippen molar-refractivity contribution in [3.8, 4) is 0 Å². The van der Waals surface area contributed by atoms with Crippen molar-refractivity contribution in [1.29, 1.82) is 0 Å². The van der Waals surface area contributed by atoms with Gasteiger partial charge in [-0.25, -0.2) is 4.79 Å². The van der Waals surface area contributed by atoms with E-state index in [1.165, 1.54) is 13.0 Å². The lowest BCUT2D eigenvalue weighted by Crippen LogP contribution is -1.95. The van der Waals surface area contributed by atoms with Gasteiger partial charge >= 0.3 is 5.97 Å². The van der Waals surface area contributed by atoms with E-state index in [4.69, 9.17) is 10.00 Å². The van der Waals surface area contributed by atoms with Crippen LogP contribution in [0.1, 0.15) is 6.92 Å². The van der Waals surface area contributed by atoms with Gasteiger partial charge in [-0.05, 0) is 6.92 Å². The molecule has 2 N–H and O–H groups in total. The van der Waals surface area contributed by atoms with E-state index < -0.39 is 14.0 Å². The van der Waals surface area contributed by atoms with E-state index in [1.807, 2.05) is 0 Å². The number of rotatable bonds is 3. The summed E-state index contributed by atoms with van der Waals surface area (Å²) in [4.78, 5) is 18.4. The van der Waals surface area contributed by atoms with Crippen molar-refractivity contribution in [2.75, 3.05) is 6.16 Å². The summed E-state index contributed by atoms with van der Waals surface area (Å²) in [5, 5.41) is 8.25. The first-order valence-corrected chi connectivity index (χ1v) is 4.22. The third-order valence-corrected chi connectivity index (χ3v) is 1.47. The molecule has 0 aliphatic heterocycles. The fourth-order valence-electron chi connectivity index (χ4n) is 0.328. The molecule has 0 aliphatic rings. The van der Waals surface area contributed by atoms with Gasteiger partial charge in [-0.15, -0.1) is 0 Å². The molecule has 5 heteroatoms. The fourth-order valence-corrected chi connectivity index (χ4v) is 0.809. The maximum Gasteiger partial charge on any atom is 0.330 e. The summed E-state index contributed by atoms with van der Waals surface area (Å²) >= 11 is 0. The van der Waals surface area contributed by atoms with Gasteiger partial charge in [-0.3, -0.25) is 4.57 Å². The number of hydrogen-bond acceptors (Lipinski definition) is 2. The number of allylic oxidation sites excluding steroid dienone is 1. The molecule has 0 amide bonds. The van der Waals surface area contributed by atoms with Crippen LogP contribution in [0.5, 0.6) is 0 Å². The molecule has 1 unspecified atom stereocenters. The van der Waals surface area contributed by atoms with Crippen LogP contribution in [-0.4, -0.2) is 22.1 Å². The monoisotopic (exact) mass is 164 g/mol. The largest absolute Gasteiger partial charge is 0.478 e. The standard InChI is InChI=1S/C5H9O4P/c1-4(5(6)7)2-3-10(8)9/h2,10H,3H2,1H3,(H,6,7)(H,8,9). The minimum atomic E-state index is -2.55. The Morgan fingerprint density at radius 2 is 2.20 bits per heavy atom. The van der Waals surface area contributed by atoms with Gasteiger partial charge in [0.05, 0.1) is 0 Å². The Morgan fingerprint density at radius 3 is 2.50 bits per heavy atom. The summed E-state index contributed by atoms with van der Waals surface area (Å²) in [5.74, 6) is -1.05. The van der Waals surface area contributed by atoms with Crippen LogP contribution in [0.15, 0.2) is 11.6 Å². The van der Waals surface area contributed by atoms with Crippen molar-refractivity contribution in [1.82, 2.24) is 0 Å². The quantitative estimate of drug-likeness (QED) is 0.470. The topological polar surface area (TPSA) is 74.6 Å². The first kappa shape index (κ1) is 9.40. The first-order chi connectivity index (χ1) is 4.54. The van der Waals surface area contributed by atoms with Crippen LogP contribution >= 0.6 is 8.03 Å². The molecule has 0 aromatic rings. The highest BCUT2D eigenvalue weighted by Crippen LogP contribution is 2.12. The highest BCUT2D eigenvalue weighted by molar-refractivity contribution is 7.38. The molecule has 0 saturated heterocycles. The Morgan fingerprint density at radius 1 is 1.70 bits per heavy atom. The zero-order chi connectivity index (χ0) is 8.15. The Labute approximate surface area is 59.1 Å². The van der Waals surface area contributed by atoms with Gasteiger partial charge in [-0.2, -0.15) is 0 Å². The Balaban J connectivity index is 3.92. The van der Waals surface area contributed by atoms with E-state index in [0.717, 1.165) is 0 Å².